The van der Waals surface area contributed by atoms with Gasteiger partial charge in [-0.05, 0) is 50.7 Å². The molecule has 3 aliphatic carbocycles. The highest BCUT2D eigenvalue weighted by molar-refractivity contribution is 5.84. The largest absolute Gasteiger partial charge is 0.425 e. The highest BCUT2D eigenvalue weighted by Crippen LogP contribution is 2.47. The van der Waals surface area contributed by atoms with Crippen molar-refractivity contribution in [2.45, 2.75) is 57.8 Å². The Morgan fingerprint density at radius 1 is 0.667 bits per heavy atom. The van der Waals surface area contributed by atoms with Gasteiger partial charge in [-0.15, -0.1) is 0 Å². The van der Waals surface area contributed by atoms with E-state index in [0.717, 1.165) is 32.1 Å². The average molecular weight is 416 g/mol. The quantitative estimate of drug-likeness (QED) is 0.361. The van der Waals surface area contributed by atoms with E-state index < -0.39 is 17.9 Å². The predicted molar refractivity (Wildman–Crippen MR) is 102 cm³/mol. The molecule has 3 fully saturated rings. The summed E-state index contributed by atoms with van der Waals surface area (Å²) in [5.41, 5.74) is 0. The Bertz CT molecular complexity index is 849. The van der Waals surface area contributed by atoms with Crippen LogP contribution in [0.4, 0.5) is 0 Å². The Kier molecular flexibility index (Phi) is 6.01. The lowest BCUT2D eigenvalue weighted by Crippen LogP contribution is -2.29. The molecule has 160 valence electrons. The van der Waals surface area contributed by atoms with Gasteiger partial charge in [0.1, 0.15) is 0 Å². The smallest absolute Gasteiger partial charge is 0.314 e. The monoisotopic (exact) mass is 416 g/mol. The van der Waals surface area contributed by atoms with Crippen molar-refractivity contribution in [3.8, 4) is 23.0 Å². The maximum atomic E-state index is 12.5. The number of benzene rings is 1. The summed E-state index contributed by atoms with van der Waals surface area (Å²) in [6.45, 7) is 0.188. The first-order chi connectivity index (χ1) is 14.6. The number of carbonyl (C=O) groups excluding carboxylic acids is 4. The molecule has 0 N–H and O–H groups in total. The van der Waals surface area contributed by atoms with E-state index in [1.165, 1.54) is 12.1 Å². The molecular weight excluding hydrogens is 392 g/mol. The summed E-state index contributed by atoms with van der Waals surface area (Å²) in [6.07, 6.45) is 7.13. The highest BCUT2D eigenvalue weighted by atomic mass is 16.6. The topological polar surface area (TPSA) is 105 Å². The summed E-state index contributed by atoms with van der Waals surface area (Å²) in [5, 5.41) is 0. The van der Waals surface area contributed by atoms with Crippen LogP contribution in [0, 0.1) is 17.8 Å². The van der Waals surface area contributed by atoms with Crippen molar-refractivity contribution in [3.63, 3.8) is 0 Å². The molecule has 0 unspecified atom stereocenters. The molecule has 0 spiro atoms. The van der Waals surface area contributed by atoms with Crippen molar-refractivity contribution in [1.29, 1.82) is 0 Å². The van der Waals surface area contributed by atoms with Crippen molar-refractivity contribution < 1.29 is 38.1 Å². The second-order valence-electron chi connectivity index (χ2n) is 8.08. The van der Waals surface area contributed by atoms with E-state index in [9.17, 15) is 19.2 Å². The summed E-state index contributed by atoms with van der Waals surface area (Å²) in [4.78, 5) is 48.3. The van der Waals surface area contributed by atoms with Crippen molar-refractivity contribution >= 4 is 24.4 Å². The fourth-order valence-corrected chi connectivity index (χ4v) is 3.44. The van der Waals surface area contributed by atoms with E-state index in [1.807, 2.05) is 0 Å². The molecule has 3 saturated carbocycles. The van der Waals surface area contributed by atoms with Crippen LogP contribution in [-0.4, -0.2) is 24.4 Å². The molecule has 0 aliphatic heterocycles. The van der Waals surface area contributed by atoms with Crippen molar-refractivity contribution in [1.82, 2.24) is 0 Å². The molecule has 0 amide bonds. The van der Waals surface area contributed by atoms with Gasteiger partial charge in [0, 0.05) is 0 Å². The van der Waals surface area contributed by atoms with Gasteiger partial charge in [0.2, 0.25) is 11.5 Å². The molecule has 30 heavy (non-hydrogen) atoms. The van der Waals surface area contributed by atoms with Crippen LogP contribution in [0.5, 0.6) is 23.0 Å². The number of hydrogen-bond donors (Lipinski definition) is 0. The fraction of sp³-hybridized carbons (Fsp3) is 0.545. The van der Waals surface area contributed by atoms with E-state index in [-0.39, 0.29) is 47.2 Å². The van der Waals surface area contributed by atoms with Gasteiger partial charge in [-0.2, -0.15) is 0 Å². The summed E-state index contributed by atoms with van der Waals surface area (Å²) < 4.78 is 21.5. The lowest BCUT2D eigenvalue weighted by Gasteiger charge is -2.27. The number of hydrogen-bond acceptors (Lipinski definition) is 8. The zero-order valence-corrected chi connectivity index (χ0v) is 16.6. The van der Waals surface area contributed by atoms with Gasteiger partial charge in [-0.3, -0.25) is 19.2 Å². The first-order valence-electron chi connectivity index (χ1n) is 10.5. The lowest BCUT2D eigenvalue weighted by atomic mass is 9.85. The minimum atomic E-state index is -0.500. The maximum absolute atomic E-state index is 12.5. The highest BCUT2D eigenvalue weighted by Gasteiger charge is 2.35. The predicted octanol–water partition coefficient (Wildman–Crippen LogP) is 3.34. The Hall–Kier alpha value is -2.90. The van der Waals surface area contributed by atoms with Gasteiger partial charge in [-0.25, -0.2) is 0 Å². The molecule has 0 bridgehead atoms. The number of ether oxygens (including phenoxy) is 4. The van der Waals surface area contributed by atoms with Crippen LogP contribution in [0.1, 0.15) is 57.8 Å². The summed E-state index contributed by atoms with van der Waals surface area (Å²) >= 11 is 0. The van der Waals surface area contributed by atoms with Gasteiger partial charge in [0.05, 0.1) is 17.8 Å². The SMILES string of the molecule is O=COc1ccc(OC(=O)C2CCC2)c(OC(=O)C2CCC2)c1OC(=O)C1CCC1. The molecule has 0 radical (unpaired) electrons. The first kappa shape index (κ1) is 20.4. The molecule has 0 aromatic heterocycles. The van der Waals surface area contributed by atoms with Crippen molar-refractivity contribution in [3.05, 3.63) is 12.1 Å². The zero-order valence-electron chi connectivity index (χ0n) is 16.6. The zero-order chi connectivity index (χ0) is 21.1. The van der Waals surface area contributed by atoms with Crippen molar-refractivity contribution in [2.75, 3.05) is 0 Å². The standard InChI is InChI=1S/C22H24O8/c23-12-27-16-10-11-17(28-20(24)13-4-1-5-13)19(30-22(26)15-8-3-9-15)18(16)29-21(25)14-6-2-7-14/h10-15H,1-9H2. The van der Waals surface area contributed by atoms with Crippen LogP contribution < -0.4 is 18.9 Å². The Labute approximate surface area is 173 Å². The minimum absolute atomic E-state index is 0.0331. The third-order valence-electron chi connectivity index (χ3n) is 6.15. The maximum Gasteiger partial charge on any atom is 0.314 e. The number of esters is 3. The van der Waals surface area contributed by atoms with Gasteiger partial charge >= 0.3 is 17.9 Å². The van der Waals surface area contributed by atoms with E-state index >= 15 is 0 Å². The molecule has 4 rings (SSSR count). The van der Waals surface area contributed by atoms with E-state index in [2.05, 4.69) is 0 Å². The molecule has 1 aromatic rings. The minimum Gasteiger partial charge on any atom is -0.425 e. The van der Waals surface area contributed by atoms with Crippen molar-refractivity contribution in [2.24, 2.45) is 17.8 Å². The fourth-order valence-electron chi connectivity index (χ4n) is 3.44. The third-order valence-corrected chi connectivity index (χ3v) is 6.15. The lowest BCUT2D eigenvalue weighted by molar-refractivity contribution is -0.145. The average Bonchev–Trinajstić information content (AvgIpc) is 2.55. The van der Waals surface area contributed by atoms with Crippen LogP contribution in [0.25, 0.3) is 0 Å². The van der Waals surface area contributed by atoms with E-state index in [4.69, 9.17) is 18.9 Å². The van der Waals surface area contributed by atoms with Crippen LogP contribution in [0.2, 0.25) is 0 Å². The second kappa shape index (κ2) is 8.85. The number of rotatable bonds is 8. The Balaban J connectivity index is 1.66. The normalized spacial score (nSPS) is 18.9. The van der Waals surface area contributed by atoms with Crippen LogP contribution in [0.15, 0.2) is 12.1 Å². The molecule has 0 atom stereocenters. The van der Waals surface area contributed by atoms with Crippen LogP contribution in [-0.2, 0) is 19.2 Å². The first-order valence-corrected chi connectivity index (χ1v) is 10.5. The Morgan fingerprint density at radius 3 is 1.47 bits per heavy atom. The number of carbonyl (C=O) groups is 4. The summed E-state index contributed by atoms with van der Waals surface area (Å²) in [7, 11) is 0. The van der Waals surface area contributed by atoms with Gasteiger partial charge in [0.15, 0.2) is 11.5 Å². The molecule has 3 aliphatic rings. The summed E-state index contributed by atoms with van der Waals surface area (Å²) in [5.74, 6) is -2.68. The molecule has 0 heterocycles. The van der Waals surface area contributed by atoms with E-state index in [0.29, 0.717) is 25.7 Å². The van der Waals surface area contributed by atoms with E-state index in [1.54, 1.807) is 0 Å². The Morgan fingerprint density at radius 2 is 1.07 bits per heavy atom. The van der Waals surface area contributed by atoms with Gasteiger partial charge in [-0.1, -0.05) is 19.3 Å². The molecular formula is C22H24O8. The second-order valence-corrected chi connectivity index (χ2v) is 8.08. The molecule has 8 heteroatoms. The van der Waals surface area contributed by atoms with Crippen LogP contribution >= 0.6 is 0 Å². The molecule has 0 saturated heterocycles. The molecule has 1 aromatic carbocycles. The molecule has 8 nitrogen and oxygen atoms in total. The van der Waals surface area contributed by atoms with Gasteiger partial charge < -0.3 is 18.9 Å². The van der Waals surface area contributed by atoms with Gasteiger partial charge in [0.25, 0.3) is 6.47 Å². The third kappa shape index (κ3) is 4.17. The summed E-state index contributed by atoms with van der Waals surface area (Å²) in [6, 6.07) is 2.72. The van der Waals surface area contributed by atoms with Crippen LogP contribution in [0.3, 0.4) is 0 Å².